The summed E-state index contributed by atoms with van der Waals surface area (Å²) in [4.78, 5) is 2.55. The maximum Gasteiger partial charge on any atom is 0.0471 e. The molecule has 0 saturated heterocycles. The van der Waals surface area contributed by atoms with Crippen molar-refractivity contribution in [3.05, 3.63) is 162 Å². The molecule has 5 aliphatic rings. The van der Waals surface area contributed by atoms with Crippen molar-refractivity contribution in [2.24, 2.45) is 11.8 Å². The molecule has 6 aromatic rings. The normalized spacial score (nSPS) is 21.4. The summed E-state index contributed by atoms with van der Waals surface area (Å²) in [6.07, 6.45) is 13.8. The molecule has 6 aromatic carbocycles. The molecule has 2 bridgehead atoms. The molecular formula is C53H53N. The van der Waals surface area contributed by atoms with Gasteiger partial charge in [0.15, 0.2) is 0 Å². The minimum atomic E-state index is -0.140. The fourth-order valence-electron chi connectivity index (χ4n) is 11.2. The maximum atomic E-state index is 2.55. The highest BCUT2D eigenvalue weighted by atomic mass is 15.1. The molecule has 5 aliphatic carbocycles. The highest BCUT2D eigenvalue weighted by Gasteiger charge is 2.39. The Balaban J connectivity index is 1.16. The van der Waals surface area contributed by atoms with Crippen molar-refractivity contribution in [2.45, 2.75) is 95.3 Å². The number of rotatable bonds is 7. The number of fused-ring (bicyclic) bond motifs is 6. The molecule has 0 aromatic heterocycles. The zero-order valence-electron chi connectivity index (χ0n) is 32.1. The van der Waals surface area contributed by atoms with Gasteiger partial charge in [-0.15, -0.1) is 0 Å². The van der Waals surface area contributed by atoms with Crippen LogP contribution in [0.2, 0.25) is 0 Å². The smallest absolute Gasteiger partial charge is 0.0471 e. The second kappa shape index (κ2) is 13.8. The van der Waals surface area contributed by atoms with Crippen molar-refractivity contribution in [2.75, 3.05) is 4.90 Å². The Morgan fingerprint density at radius 3 is 1.76 bits per heavy atom. The van der Waals surface area contributed by atoms with E-state index in [1.54, 1.807) is 5.56 Å². The van der Waals surface area contributed by atoms with E-state index in [-0.39, 0.29) is 5.41 Å². The highest BCUT2D eigenvalue weighted by Crippen LogP contribution is 2.56. The summed E-state index contributed by atoms with van der Waals surface area (Å²) in [6, 6.07) is 53.6. The van der Waals surface area contributed by atoms with Gasteiger partial charge in [-0.05, 0) is 148 Å². The van der Waals surface area contributed by atoms with Gasteiger partial charge in [-0.3, -0.25) is 0 Å². The largest absolute Gasteiger partial charge is 0.310 e. The van der Waals surface area contributed by atoms with Crippen LogP contribution in [0.5, 0.6) is 0 Å². The first-order valence-corrected chi connectivity index (χ1v) is 21.0. The van der Waals surface area contributed by atoms with E-state index in [1.165, 1.54) is 131 Å². The van der Waals surface area contributed by atoms with Crippen molar-refractivity contribution in [1.29, 1.82) is 0 Å². The molecule has 11 rings (SSSR count). The van der Waals surface area contributed by atoms with Crippen molar-refractivity contribution >= 4 is 17.1 Å². The highest BCUT2D eigenvalue weighted by molar-refractivity contribution is 5.99. The third-order valence-electron chi connectivity index (χ3n) is 14.1. The topological polar surface area (TPSA) is 3.24 Å². The Morgan fingerprint density at radius 2 is 1.09 bits per heavy atom. The molecule has 0 amide bonds. The van der Waals surface area contributed by atoms with Gasteiger partial charge in [0.05, 0.1) is 0 Å². The summed E-state index contributed by atoms with van der Waals surface area (Å²) >= 11 is 0. The Kier molecular flexibility index (Phi) is 8.58. The molecule has 0 heterocycles. The second-order valence-electron chi connectivity index (χ2n) is 17.5. The van der Waals surface area contributed by atoms with E-state index in [0.29, 0.717) is 5.92 Å². The third kappa shape index (κ3) is 5.83. The Morgan fingerprint density at radius 1 is 0.481 bits per heavy atom. The molecule has 0 radical (unpaired) electrons. The van der Waals surface area contributed by atoms with Gasteiger partial charge in [-0.1, -0.05) is 149 Å². The minimum Gasteiger partial charge on any atom is -0.310 e. The van der Waals surface area contributed by atoms with Crippen LogP contribution in [0, 0.1) is 11.8 Å². The Hall–Kier alpha value is -4.88. The molecule has 1 unspecified atom stereocenters. The van der Waals surface area contributed by atoms with Crippen LogP contribution in [0.15, 0.2) is 140 Å². The number of anilines is 3. The number of hydrogen-bond donors (Lipinski definition) is 0. The van der Waals surface area contributed by atoms with Gasteiger partial charge in [0.1, 0.15) is 0 Å². The predicted molar refractivity (Wildman–Crippen MR) is 228 cm³/mol. The summed E-state index contributed by atoms with van der Waals surface area (Å²) in [5.41, 5.74) is 17.2. The van der Waals surface area contributed by atoms with E-state index in [1.807, 2.05) is 0 Å². The lowest BCUT2D eigenvalue weighted by Crippen LogP contribution is -2.29. The predicted octanol–water partition coefficient (Wildman–Crippen LogP) is 15.1. The van der Waals surface area contributed by atoms with E-state index < -0.39 is 0 Å². The second-order valence-corrected chi connectivity index (χ2v) is 17.5. The fourth-order valence-corrected chi connectivity index (χ4v) is 11.2. The van der Waals surface area contributed by atoms with Crippen LogP contribution >= 0.6 is 0 Å². The van der Waals surface area contributed by atoms with Crippen molar-refractivity contribution in [1.82, 2.24) is 0 Å². The van der Waals surface area contributed by atoms with E-state index in [0.717, 1.165) is 17.8 Å². The molecule has 1 heteroatoms. The first kappa shape index (κ1) is 33.7. The molecule has 0 spiro atoms. The Bertz CT molecular complexity index is 2260. The van der Waals surface area contributed by atoms with Gasteiger partial charge in [0, 0.05) is 22.5 Å². The van der Waals surface area contributed by atoms with Gasteiger partial charge in [-0.2, -0.15) is 0 Å². The molecule has 0 N–H and O–H groups in total. The zero-order valence-corrected chi connectivity index (χ0v) is 32.1. The van der Waals surface area contributed by atoms with Gasteiger partial charge < -0.3 is 4.90 Å². The number of benzene rings is 6. The van der Waals surface area contributed by atoms with Crippen LogP contribution in [-0.4, -0.2) is 0 Å². The summed E-state index contributed by atoms with van der Waals surface area (Å²) < 4.78 is 0. The average molecular weight is 704 g/mol. The van der Waals surface area contributed by atoms with Crippen LogP contribution in [0.1, 0.15) is 112 Å². The SMILES string of the molecule is CC1(C)c2ccccc2-c2c(-c3ccccc3-c3ccccc3)cc(N(c3ccc(C4CCCCC4)cc3)c3ccc(C4CC5CCC4CC5)cc3)cc21. The molecule has 0 aliphatic heterocycles. The summed E-state index contributed by atoms with van der Waals surface area (Å²) in [6.45, 7) is 4.84. The lowest BCUT2D eigenvalue weighted by molar-refractivity contribution is 0.145. The minimum absolute atomic E-state index is 0.140. The standard InChI is InChI=1S/C53H53N/c1-53(2)50-20-12-11-19-47(50)52-49(46-18-10-9-17-45(46)39-15-7-4-8-16-39)34-44(35-51(52)53)54(42-29-25-38(26-30-42)37-13-5-3-6-14-37)43-31-27-41(28-32-43)48-33-36-21-23-40(48)24-22-36/h4,7-12,15-20,25-32,34-37,40,48H,3,5-6,13-14,21-24,33H2,1-2H3. The summed E-state index contributed by atoms with van der Waals surface area (Å²) in [5, 5.41) is 0. The van der Waals surface area contributed by atoms with E-state index in [4.69, 9.17) is 0 Å². The fraction of sp³-hybridized carbons (Fsp3) is 0.321. The summed E-state index contributed by atoms with van der Waals surface area (Å²) in [5.74, 6) is 3.19. The molecule has 1 nitrogen and oxygen atoms in total. The lowest BCUT2D eigenvalue weighted by Gasteiger charge is -2.42. The zero-order chi connectivity index (χ0) is 36.2. The quantitative estimate of drug-likeness (QED) is 0.160. The molecule has 270 valence electrons. The molecular weight excluding hydrogens is 651 g/mol. The van der Waals surface area contributed by atoms with Gasteiger partial charge >= 0.3 is 0 Å². The average Bonchev–Trinajstić information content (AvgIpc) is 3.48. The molecule has 54 heavy (non-hydrogen) atoms. The molecule has 4 saturated carbocycles. The Labute approximate surface area is 323 Å². The van der Waals surface area contributed by atoms with Crippen LogP contribution in [0.4, 0.5) is 17.1 Å². The van der Waals surface area contributed by atoms with Gasteiger partial charge in [0.25, 0.3) is 0 Å². The first-order valence-electron chi connectivity index (χ1n) is 21.0. The van der Waals surface area contributed by atoms with Crippen molar-refractivity contribution < 1.29 is 0 Å². The maximum absolute atomic E-state index is 2.55. The van der Waals surface area contributed by atoms with Crippen molar-refractivity contribution in [3.8, 4) is 33.4 Å². The van der Waals surface area contributed by atoms with Gasteiger partial charge in [0.2, 0.25) is 0 Å². The first-order chi connectivity index (χ1) is 26.5. The molecule has 1 atom stereocenters. The number of hydrogen-bond acceptors (Lipinski definition) is 1. The third-order valence-corrected chi connectivity index (χ3v) is 14.1. The van der Waals surface area contributed by atoms with Crippen molar-refractivity contribution in [3.63, 3.8) is 0 Å². The van der Waals surface area contributed by atoms with Gasteiger partial charge in [-0.25, -0.2) is 0 Å². The van der Waals surface area contributed by atoms with E-state index >= 15 is 0 Å². The van der Waals surface area contributed by atoms with E-state index in [9.17, 15) is 0 Å². The lowest BCUT2D eigenvalue weighted by atomic mass is 9.63. The van der Waals surface area contributed by atoms with Crippen LogP contribution in [-0.2, 0) is 5.41 Å². The molecule has 4 fully saturated rings. The van der Waals surface area contributed by atoms with Crippen LogP contribution in [0.3, 0.4) is 0 Å². The number of nitrogens with zero attached hydrogens (tertiary/aromatic N) is 1. The van der Waals surface area contributed by atoms with Crippen LogP contribution in [0.25, 0.3) is 33.4 Å². The van der Waals surface area contributed by atoms with E-state index in [2.05, 4.69) is 158 Å². The monoisotopic (exact) mass is 703 g/mol. The van der Waals surface area contributed by atoms with Crippen LogP contribution < -0.4 is 4.90 Å². The summed E-state index contributed by atoms with van der Waals surface area (Å²) in [7, 11) is 0.